The molecule has 0 amide bonds. The molecule has 0 saturated carbocycles. The fourth-order valence-electron chi connectivity index (χ4n) is 2.84. The lowest BCUT2D eigenvalue weighted by Gasteiger charge is -2.31. The minimum Gasteiger partial charge on any atom is -0.504 e. The maximum atomic E-state index is 11.7. The Morgan fingerprint density at radius 2 is 1.94 bits per heavy atom. The fourth-order valence-corrected chi connectivity index (χ4v) is 2.84. The van der Waals surface area contributed by atoms with E-state index >= 15 is 0 Å². The first-order valence-electron chi connectivity index (χ1n) is 6.37. The summed E-state index contributed by atoms with van der Waals surface area (Å²) in [5, 5.41) is 9.54. The molecular formula is C15H20O2. The maximum absolute atomic E-state index is 11.7. The molecule has 1 aromatic rings. The van der Waals surface area contributed by atoms with Crippen molar-refractivity contribution in [2.45, 2.75) is 45.4 Å². The summed E-state index contributed by atoms with van der Waals surface area (Å²) in [5.41, 5.74) is 2.11. The third kappa shape index (κ3) is 2.21. The monoisotopic (exact) mass is 232 g/mol. The molecule has 0 spiro atoms. The molecule has 0 fully saturated rings. The molecule has 92 valence electrons. The zero-order valence-corrected chi connectivity index (χ0v) is 10.7. The second-order valence-electron chi connectivity index (χ2n) is 5.47. The standard InChI is InChI=1S/C15H20O2/c1-9(2)11-5-4-10(3)13-8-15(17)14(16)7-6-12(11)13/h6-11H,4-5H2,1-3H3,(H,16,17). The van der Waals surface area contributed by atoms with E-state index in [1.165, 1.54) is 12.0 Å². The van der Waals surface area contributed by atoms with E-state index in [0.717, 1.165) is 12.0 Å². The van der Waals surface area contributed by atoms with Gasteiger partial charge < -0.3 is 5.11 Å². The molecular weight excluding hydrogens is 212 g/mol. The normalized spacial score (nSPS) is 23.5. The number of rotatable bonds is 1. The van der Waals surface area contributed by atoms with E-state index in [2.05, 4.69) is 20.8 Å². The van der Waals surface area contributed by atoms with Gasteiger partial charge in [0.15, 0.2) is 5.75 Å². The maximum Gasteiger partial charge on any atom is 0.220 e. The second-order valence-corrected chi connectivity index (χ2v) is 5.47. The van der Waals surface area contributed by atoms with E-state index in [1.807, 2.05) is 6.07 Å². The lowest BCUT2D eigenvalue weighted by Crippen LogP contribution is -2.16. The first kappa shape index (κ1) is 12.2. The van der Waals surface area contributed by atoms with Crippen LogP contribution >= 0.6 is 0 Å². The van der Waals surface area contributed by atoms with Crippen molar-refractivity contribution in [1.82, 2.24) is 0 Å². The summed E-state index contributed by atoms with van der Waals surface area (Å²) in [6.07, 6.45) is 2.30. The average Bonchev–Trinajstić information content (AvgIpc) is 2.41. The van der Waals surface area contributed by atoms with E-state index in [0.29, 0.717) is 17.8 Å². The molecule has 1 N–H and O–H groups in total. The summed E-state index contributed by atoms with van der Waals surface area (Å²) in [7, 11) is 0. The quantitative estimate of drug-likeness (QED) is 0.805. The summed E-state index contributed by atoms with van der Waals surface area (Å²) in [4.78, 5) is 11.7. The van der Waals surface area contributed by atoms with Gasteiger partial charge in [0.1, 0.15) is 0 Å². The summed E-state index contributed by atoms with van der Waals surface area (Å²) < 4.78 is 0. The van der Waals surface area contributed by atoms with E-state index in [1.54, 1.807) is 12.1 Å². The van der Waals surface area contributed by atoms with Crippen molar-refractivity contribution in [2.75, 3.05) is 0 Å². The van der Waals surface area contributed by atoms with E-state index < -0.39 is 0 Å². The van der Waals surface area contributed by atoms with Crippen LogP contribution in [0.15, 0.2) is 23.0 Å². The van der Waals surface area contributed by atoms with Gasteiger partial charge in [-0.1, -0.05) is 26.8 Å². The van der Waals surface area contributed by atoms with Gasteiger partial charge >= 0.3 is 0 Å². The molecule has 1 aliphatic rings. The lowest BCUT2D eigenvalue weighted by atomic mass is 9.74. The van der Waals surface area contributed by atoms with Gasteiger partial charge in [0.25, 0.3) is 0 Å². The van der Waals surface area contributed by atoms with Gasteiger partial charge in [-0.15, -0.1) is 0 Å². The van der Waals surface area contributed by atoms with E-state index in [4.69, 9.17) is 0 Å². The number of aromatic hydroxyl groups is 1. The average molecular weight is 232 g/mol. The summed E-state index contributed by atoms with van der Waals surface area (Å²) in [6, 6.07) is 5.12. The largest absolute Gasteiger partial charge is 0.504 e. The van der Waals surface area contributed by atoms with Gasteiger partial charge in [-0.25, -0.2) is 0 Å². The SMILES string of the molecule is CC1CCC(C(C)C)c2ccc(O)c(=O)cc21. The van der Waals surface area contributed by atoms with Crippen molar-refractivity contribution >= 4 is 0 Å². The highest BCUT2D eigenvalue weighted by Gasteiger charge is 2.26. The molecule has 0 saturated heterocycles. The Bertz CT molecular complexity index is 477. The molecule has 2 nitrogen and oxygen atoms in total. The minimum absolute atomic E-state index is 0.144. The molecule has 0 heterocycles. The molecule has 1 aromatic carbocycles. The van der Waals surface area contributed by atoms with Gasteiger partial charge in [-0.3, -0.25) is 4.79 Å². The van der Waals surface area contributed by atoms with Crippen LogP contribution in [0.1, 0.15) is 56.6 Å². The Labute approximate surface area is 102 Å². The zero-order chi connectivity index (χ0) is 12.6. The van der Waals surface area contributed by atoms with Crippen LogP contribution < -0.4 is 5.43 Å². The Kier molecular flexibility index (Phi) is 3.23. The van der Waals surface area contributed by atoms with Crippen LogP contribution in [0.25, 0.3) is 0 Å². The molecule has 2 rings (SSSR count). The van der Waals surface area contributed by atoms with Crippen LogP contribution in [-0.4, -0.2) is 5.11 Å². The van der Waals surface area contributed by atoms with Gasteiger partial charge in [0.2, 0.25) is 5.43 Å². The van der Waals surface area contributed by atoms with Crippen LogP contribution in [0, 0.1) is 5.92 Å². The Hall–Kier alpha value is -1.31. The van der Waals surface area contributed by atoms with Gasteiger partial charge in [0, 0.05) is 0 Å². The van der Waals surface area contributed by atoms with Crippen molar-refractivity contribution in [3.8, 4) is 5.75 Å². The van der Waals surface area contributed by atoms with Crippen LogP contribution in [0.3, 0.4) is 0 Å². The fraction of sp³-hybridized carbons (Fsp3) is 0.533. The summed E-state index contributed by atoms with van der Waals surface area (Å²) >= 11 is 0. The van der Waals surface area contributed by atoms with E-state index in [9.17, 15) is 9.90 Å². The Morgan fingerprint density at radius 1 is 1.24 bits per heavy atom. The predicted molar refractivity (Wildman–Crippen MR) is 69.6 cm³/mol. The molecule has 1 aliphatic carbocycles. The molecule has 2 heteroatoms. The molecule has 2 unspecified atom stereocenters. The number of hydrogen-bond donors (Lipinski definition) is 1. The molecule has 17 heavy (non-hydrogen) atoms. The highest BCUT2D eigenvalue weighted by atomic mass is 16.3. The molecule has 0 radical (unpaired) electrons. The Morgan fingerprint density at radius 3 is 2.59 bits per heavy atom. The molecule has 0 aromatic heterocycles. The first-order chi connectivity index (χ1) is 8.00. The molecule has 0 bridgehead atoms. The number of hydrogen-bond acceptors (Lipinski definition) is 2. The molecule has 2 atom stereocenters. The first-order valence-corrected chi connectivity index (χ1v) is 6.37. The second kappa shape index (κ2) is 4.52. The highest BCUT2D eigenvalue weighted by molar-refractivity contribution is 5.37. The third-order valence-corrected chi connectivity index (χ3v) is 3.94. The van der Waals surface area contributed by atoms with Crippen molar-refractivity contribution in [3.05, 3.63) is 39.5 Å². The molecule has 0 aliphatic heterocycles. The summed E-state index contributed by atoms with van der Waals surface area (Å²) in [5.74, 6) is 1.35. The van der Waals surface area contributed by atoms with Crippen LogP contribution in [0.2, 0.25) is 0 Å². The predicted octanol–water partition coefficient (Wildman–Crippen LogP) is 3.39. The van der Waals surface area contributed by atoms with Crippen LogP contribution in [0.4, 0.5) is 0 Å². The van der Waals surface area contributed by atoms with Gasteiger partial charge in [0.05, 0.1) is 0 Å². The zero-order valence-electron chi connectivity index (χ0n) is 10.7. The highest BCUT2D eigenvalue weighted by Crippen LogP contribution is 2.41. The summed E-state index contributed by atoms with van der Waals surface area (Å²) in [6.45, 7) is 6.59. The van der Waals surface area contributed by atoms with E-state index in [-0.39, 0.29) is 11.2 Å². The topological polar surface area (TPSA) is 37.3 Å². The van der Waals surface area contributed by atoms with Gasteiger partial charge in [-0.05, 0) is 53.9 Å². The van der Waals surface area contributed by atoms with Crippen LogP contribution in [0.5, 0.6) is 5.75 Å². The van der Waals surface area contributed by atoms with Crippen molar-refractivity contribution in [3.63, 3.8) is 0 Å². The van der Waals surface area contributed by atoms with Crippen molar-refractivity contribution in [1.29, 1.82) is 0 Å². The minimum atomic E-state index is -0.262. The van der Waals surface area contributed by atoms with Crippen LogP contribution in [-0.2, 0) is 0 Å². The van der Waals surface area contributed by atoms with Gasteiger partial charge in [-0.2, -0.15) is 0 Å². The Balaban J connectivity index is 2.64. The number of fused-ring (bicyclic) bond motifs is 1. The lowest BCUT2D eigenvalue weighted by molar-refractivity contribution is 0.411. The van der Waals surface area contributed by atoms with Crippen molar-refractivity contribution < 1.29 is 5.11 Å². The smallest absolute Gasteiger partial charge is 0.220 e. The third-order valence-electron chi connectivity index (χ3n) is 3.94. The van der Waals surface area contributed by atoms with Crippen molar-refractivity contribution in [2.24, 2.45) is 5.92 Å².